The van der Waals surface area contributed by atoms with Crippen molar-refractivity contribution in [1.29, 1.82) is 0 Å². The van der Waals surface area contributed by atoms with Crippen molar-refractivity contribution in [2.24, 2.45) is 5.92 Å². The Kier molecular flexibility index (Phi) is 10.6. The number of hydrogen-bond donors (Lipinski definition) is 2. The molecule has 1 amide bonds. The summed E-state index contributed by atoms with van der Waals surface area (Å²) in [5.41, 5.74) is -0.261. The van der Waals surface area contributed by atoms with Crippen LogP contribution in [0.3, 0.4) is 0 Å². The lowest BCUT2D eigenvalue weighted by atomic mass is 10.1. The van der Waals surface area contributed by atoms with Crippen molar-refractivity contribution in [1.82, 2.24) is 5.32 Å². The summed E-state index contributed by atoms with van der Waals surface area (Å²) in [5, 5.41) is 5.53. The zero-order valence-corrected chi connectivity index (χ0v) is 19.7. The zero-order valence-electron chi connectivity index (χ0n) is 18.9. The van der Waals surface area contributed by atoms with Gasteiger partial charge in [-0.1, -0.05) is 31.9 Å². The van der Waals surface area contributed by atoms with Crippen LogP contribution in [-0.4, -0.2) is 54.2 Å². The first-order chi connectivity index (χ1) is 16.3. The Hall–Kier alpha value is -3.37. The van der Waals surface area contributed by atoms with E-state index in [4.69, 9.17) is 14.2 Å². The van der Waals surface area contributed by atoms with Gasteiger partial charge in [-0.25, -0.2) is 4.79 Å². The highest BCUT2D eigenvalue weighted by atomic mass is 32.2. The first kappa shape index (κ1) is 26.9. The Bertz CT molecular complexity index is 963. The van der Waals surface area contributed by atoms with Crippen LogP contribution in [-0.2, 0) is 23.9 Å². The summed E-state index contributed by atoms with van der Waals surface area (Å²) in [6.07, 6.45) is 4.58. The summed E-state index contributed by atoms with van der Waals surface area (Å²) in [7, 11) is 0. The standard InChI is InChI=1S/C24H28N2O7S/c1-5-8-31-19-11-16(23(29)32-9-6-2)10-18(13-19)26-22(28)20-12-17(14-25-20)24(30)33-21(7-3)34-15(4)27/h5-7,10-11,13,17,20-21,25H,1-3,8-9,12,14H2,4H3,(H,26,28)/t17-,20-,21?/m0/s1. The minimum atomic E-state index is -0.782. The molecule has 1 unspecified atom stereocenters. The molecule has 10 heteroatoms. The molecule has 1 aliphatic rings. The van der Waals surface area contributed by atoms with Crippen LogP contribution in [0.15, 0.2) is 56.2 Å². The average Bonchev–Trinajstić information content (AvgIpc) is 3.31. The number of hydrogen-bond acceptors (Lipinski definition) is 9. The van der Waals surface area contributed by atoms with Gasteiger partial charge < -0.3 is 24.8 Å². The Morgan fingerprint density at radius 2 is 1.91 bits per heavy atom. The number of benzene rings is 1. The van der Waals surface area contributed by atoms with Crippen LogP contribution in [0, 0.1) is 5.92 Å². The van der Waals surface area contributed by atoms with Crippen LogP contribution in [0.1, 0.15) is 23.7 Å². The van der Waals surface area contributed by atoms with Gasteiger partial charge in [-0.15, -0.1) is 0 Å². The monoisotopic (exact) mass is 488 g/mol. The van der Waals surface area contributed by atoms with E-state index in [9.17, 15) is 19.2 Å². The highest BCUT2D eigenvalue weighted by molar-refractivity contribution is 8.14. The number of nitrogens with one attached hydrogen (secondary N) is 2. The number of esters is 2. The van der Waals surface area contributed by atoms with E-state index in [0.717, 1.165) is 11.8 Å². The molecule has 1 saturated heterocycles. The molecular weight excluding hydrogens is 460 g/mol. The van der Waals surface area contributed by atoms with Crippen molar-refractivity contribution in [2.45, 2.75) is 24.8 Å². The molecule has 34 heavy (non-hydrogen) atoms. The van der Waals surface area contributed by atoms with Gasteiger partial charge in [0.1, 0.15) is 19.0 Å². The van der Waals surface area contributed by atoms with Crippen LogP contribution >= 0.6 is 11.8 Å². The van der Waals surface area contributed by atoms with Crippen molar-refractivity contribution in [3.8, 4) is 5.75 Å². The molecule has 1 aromatic carbocycles. The summed E-state index contributed by atoms with van der Waals surface area (Å²) in [6.45, 7) is 12.5. The molecule has 0 aliphatic carbocycles. The van der Waals surface area contributed by atoms with Gasteiger partial charge in [-0.3, -0.25) is 14.4 Å². The maximum Gasteiger partial charge on any atom is 0.338 e. The molecule has 0 aromatic heterocycles. The fourth-order valence-corrected chi connectivity index (χ4v) is 3.65. The van der Waals surface area contributed by atoms with Gasteiger partial charge in [-0.2, -0.15) is 0 Å². The van der Waals surface area contributed by atoms with Gasteiger partial charge >= 0.3 is 11.9 Å². The van der Waals surface area contributed by atoms with E-state index in [0.29, 0.717) is 11.4 Å². The van der Waals surface area contributed by atoms with Crippen LogP contribution in [0.5, 0.6) is 5.75 Å². The predicted molar refractivity (Wildman–Crippen MR) is 129 cm³/mol. The molecule has 182 valence electrons. The molecule has 0 radical (unpaired) electrons. The number of amides is 1. The van der Waals surface area contributed by atoms with Crippen molar-refractivity contribution < 1.29 is 33.4 Å². The lowest BCUT2D eigenvalue weighted by molar-refractivity contribution is -0.147. The lowest BCUT2D eigenvalue weighted by Gasteiger charge is -2.15. The fourth-order valence-electron chi connectivity index (χ4n) is 3.08. The summed E-state index contributed by atoms with van der Waals surface area (Å²) in [6, 6.07) is 3.88. The maximum atomic E-state index is 12.8. The number of carbonyl (C=O) groups excluding carboxylic acids is 4. The molecule has 3 atom stereocenters. The molecule has 0 saturated carbocycles. The van der Waals surface area contributed by atoms with Gasteiger partial charge in [-0.05, 0) is 36.4 Å². The average molecular weight is 489 g/mol. The molecule has 1 heterocycles. The van der Waals surface area contributed by atoms with Gasteiger partial charge in [0.25, 0.3) is 0 Å². The smallest absolute Gasteiger partial charge is 0.338 e. The van der Waals surface area contributed by atoms with Gasteiger partial charge in [0.15, 0.2) is 10.6 Å². The highest BCUT2D eigenvalue weighted by Crippen LogP contribution is 2.25. The first-order valence-corrected chi connectivity index (χ1v) is 11.4. The van der Waals surface area contributed by atoms with E-state index in [2.05, 4.69) is 30.4 Å². The molecule has 0 spiro atoms. The third-order valence-corrected chi connectivity index (χ3v) is 5.45. The Labute approximate surface area is 202 Å². The second kappa shape index (κ2) is 13.4. The van der Waals surface area contributed by atoms with E-state index in [1.54, 1.807) is 12.1 Å². The largest absolute Gasteiger partial charge is 0.489 e. The summed E-state index contributed by atoms with van der Waals surface area (Å²) >= 11 is 0.850. The number of carbonyl (C=O) groups is 4. The maximum absolute atomic E-state index is 12.8. The van der Waals surface area contributed by atoms with E-state index >= 15 is 0 Å². The van der Waals surface area contributed by atoms with Crippen LogP contribution < -0.4 is 15.4 Å². The highest BCUT2D eigenvalue weighted by Gasteiger charge is 2.35. The van der Waals surface area contributed by atoms with Crippen molar-refractivity contribution in [2.75, 3.05) is 25.1 Å². The molecule has 0 bridgehead atoms. The summed E-state index contributed by atoms with van der Waals surface area (Å²) < 4.78 is 15.9. The number of thioether (sulfide) groups is 1. The zero-order chi connectivity index (χ0) is 25.1. The number of anilines is 1. The van der Waals surface area contributed by atoms with Crippen molar-refractivity contribution in [3.05, 3.63) is 61.7 Å². The first-order valence-electron chi connectivity index (χ1n) is 10.5. The minimum absolute atomic E-state index is 0.0411. The number of ether oxygens (including phenoxy) is 3. The minimum Gasteiger partial charge on any atom is -0.489 e. The Morgan fingerprint density at radius 1 is 1.18 bits per heavy atom. The summed E-state index contributed by atoms with van der Waals surface area (Å²) in [5.74, 6) is -1.71. The third kappa shape index (κ3) is 8.20. The predicted octanol–water partition coefficient (Wildman–Crippen LogP) is 2.85. The Morgan fingerprint density at radius 3 is 2.56 bits per heavy atom. The van der Waals surface area contributed by atoms with Crippen LogP contribution in [0.2, 0.25) is 0 Å². The lowest BCUT2D eigenvalue weighted by Crippen LogP contribution is -2.35. The molecular formula is C24H28N2O7S. The summed E-state index contributed by atoms with van der Waals surface area (Å²) in [4.78, 5) is 48.7. The second-order valence-corrected chi connectivity index (χ2v) is 8.54. The molecule has 2 N–H and O–H groups in total. The van der Waals surface area contributed by atoms with Gasteiger partial charge in [0.2, 0.25) is 5.91 Å². The van der Waals surface area contributed by atoms with Crippen molar-refractivity contribution in [3.63, 3.8) is 0 Å². The van der Waals surface area contributed by atoms with Crippen LogP contribution in [0.25, 0.3) is 0 Å². The van der Waals surface area contributed by atoms with Crippen LogP contribution in [0.4, 0.5) is 5.69 Å². The molecule has 1 fully saturated rings. The van der Waals surface area contributed by atoms with Gasteiger partial charge in [0, 0.05) is 25.2 Å². The Balaban J connectivity index is 2.05. The number of rotatable bonds is 12. The topological polar surface area (TPSA) is 120 Å². The molecule has 2 rings (SSSR count). The quantitative estimate of drug-likeness (QED) is 0.260. The van der Waals surface area contributed by atoms with E-state index in [1.165, 1.54) is 31.2 Å². The molecule has 1 aromatic rings. The second-order valence-electron chi connectivity index (χ2n) is 7.27. The van der Waals surface area contributed by atoms with E-state index < -0.39 is 29.3 Å². The van der Waals surface area contributed by atoms with Crippen molar-refractivity contribution >= 4 is 40.4 Å². The van der Waals surface area contributed by atoms with Gasteiger partial charge in [0.05, 0.1) is 17.5 Å². The molecule has 9 nitrogen and oxygen atoms in total. The van der Waals surface area contributed by atoms with E-state index in [1.807, 2.05) is 0 Å². The third-order valence-electron chi connectivity index (χ3n) is 4.60. The fraction of sp³-hybridized carbons (Fsp3) is 0.333. The molecule has 1 aliphatic heterocycles. The van der Waals surface area contributed by atoms with E-state index in [-0.39, 0.29) is 42.8 Å². The normalized spacial score (nSPS) is 17.7. The SMILES string of the molecule is C=CCOC(=O)c1cc(NC(=O)[C@@H]2C[C@H](C(=O)OC(C=C)SC(C)=O)CN2)cc(OCC=C)c1.